The number of benzene rings is 2. The maximum absolute atomic E-state index is 13.1. The van der Waals surface area contributed by atoms with Crippen molar-refractivity contribution in [3.8, 4) is 5.75 Å². The van der Waals surface area contributed by atoms with Crippen LogP contribution in [0.15, 0.2) is 42.5 Å². The van der Waals surface area contributed by atoms with Gasteiger partial charge in [-0.25, -0.2) is 0 Å². The van der Waals surface area contributed by atoms with Crippen LogP contribution < -0.4 is 9.74 Å². The van der Waals surface area contributed by atoms with Crippen molar-refractivity contribution in [2.75, 3.05) is 13.2 Å². The molecule has 0 atom stereocenters. The van der Waals surface area contributed by atoms with E-state index in [2.05, 4.69) is 75.8 Å². The van der Waals surface area contributed by atoms with E-state index in [4.69, 9.17) is 9.16 Å². The van der Waals surface area contributed by atoms with E-state index in [0.29, 0.717) is 18.0 Å². The topological polar surface area (TPSA) is 69.6 Å². The second-order valence-electron chi connectivity index (χ2n) is 11.4. The lowest BCUT2D eigenvalue weighted by Gasteiger charge is -2.37. The van der Waals surface area contributed by atoms with Gasteiger partial charge < -0.3 is 19.0 Å². The number of hydrogen-bond donors (Lipinski definition) is 1. The van der Waals surface area contributed by atoms with Crippen molar-refractivity contribution in [1.29, 1.82) is 0 Å². The minimum Gasteiger partial charge on any atom is -0.543 e. The highest BCUT2D eigenvalue weighted by atomic mass is 28.4. The average molecular weight is 523 g/mol. The number of hydrogen-bond acceptors (Lipinski definition) is 4. The van der Waals surface area contributed by atoms with Gasteiger partial charge in [0.25, 0.3) is 5.91 Å². The first kappa shape index (κ1) is 28.5. The Kier molecular flexibility index (Phi) is 8.58. The molecule has 0 radical (unpaired) electrons. The third-order valence-corrected chi connectivity index (χ3v) is 11.7. The highest BCUT2D eigenvalue weighted by Crippen LogP contribution is 2.40. The van der Waals surface area contributed by atoms with Crippen LogP contribution >= 0.6 is 0 Å². The zero-order valence-corrected chi connectivity index (χ0v) is 24.8. The zero-order valence-electron chi connectivity index (χ0n) is 23.8. The number of nitrogens with zero attached hydrogens (tertiary/aromatic N) is 1. The predicted octanol–water partition coefficient (Wildman–Crippen LogP) is 6.80. The Morgan fingerprint density at radius 3 is 2.38 bits per heavy atom. The summed E-state index contributed by atoms with van der Waals surface area (Å²) in [4.78, 5) is 24.9. The quantitative estimate of drug-likeness (QED) is 0.248. The first-order chi connectivity index (χ1) is 17.3. The number of esters is 1. The molecule has 37 heavy (non-hydrogen) atoms. The van der Waals surface area contributed by atoms with Crippen LogP contribution in [-0.4, -0.2) is 37.9 Å². The van der Waals surface area contributed by atoms with E-state index < -0.39 is 14.3 Å². The van der Waals surface area contributed by atoms with Gasteiger partial charge in [-0.2, -0.15) is 0 Å². The van der Waals surface area contributed by atoms with E-state index in [-0.39, 0.29) is 24.1 Å². The van der Waals surface area contributed by atoms with Gasteiger partial charge in [0.05, 0.1) is 12.2 Å². The molecule has 1 N–H and O–H groups in total. The van der Waals surface area contributed by atoms with E-state index in [1.807, 2.05) is 31.2 Å². The maximum Gasteiger partial charge on any atom is 0.325 e. The first-order valence-corrected chi connectivity index (χ1v) is 16.0. The minimum atomic E-state index is -1.97. The molecule has 1 heterocycles. The van der Waals surface area contributed by atoms with Crippen LogP contribution in [0.4, 0.5) is 0 Å². The van der Waals surface area contributed by atoms with Gasteiger partial charge in [0.1, 0.15) is 12.3 Å². The van der Waals surface area contributed by atoms with Gasteiger partial charge in [0.2, 0.25) is 8.32 Å². The molecule has 0 aliphatic rings. The molecule has 0 aliphatic heterocycles. The molecule has 2 aromatic carbocycles. The van der Waals surface area contributed by atoms with Crippen LogP contribution in [0.5, 0.6) is 5.75 Å². The van der Waals surface area contributed by atoms with E-state index in [1.165, 1.54) is 5.56 Å². The molecule has 1 aromatic heterocycles. The van der Waals surface area contributed by atoms with Gasteiger partial charge in [-0.1, -0.05) is 65.0 Å². The third-order valence-electron chi connectivity index (χ3n) is 7.36. The molecule has 1 amide bonds. The molecule has 200 valence electrons. The van der Waals surface area contributed by atoms with Crippen LogP contribution in [-0.2, 0) is 16.1 Å². The fraction of sp³-hybridized carbons (Fsp3) is 0.467. The number of para-hydroxylation sites is 1. The molecule has 3 aromatic rings. The van der Waals surface area contributed by atoms with Crippen LogP contribution in [0.2, 0.25) is 18.1 Å². The molecular formula is C30H42N2O4Si. The van der Waals surface area contributed by atoms with Gasteiger partial charge in [-0.3, -0.25) is 9.59 Å². The van der Waals surface area contributed by atoms with Gasteiger partial charge >= 0.3 is 5.97 Å². The van der Waals surface area contributed by atoms with E-state index >= 15 is 0 Å². The lowest BCUT2D eigenvalue weighted by atomic mass is 9.99. The van der Waals surface area contributed by atoms with Crippen molar-refractivity contribution < 1.29 is 18.8 Å². The lowest BCUT2D eigenvalue weighted by molar-refractivity contribution is -0.141. The average Bonchev–Trinajstić information content (AvgIpc) is 3.09. The normalized spacial score (nSPS) is 12.2. The number of aromatic nitrogens is 1. The van der Waals surface area contributed by atoms with Crippen molar-refractivity contribution >= 4 is 31.1 Å². The molecule has 3 rings (SSSR count). The van der Waals surface area contributed by atoms with Crippen LogP contribution in [0.25, 0.3) is 10.9 Å². The summed E-state index contributed by atoms with van der Waals surface area (Å²) in [5.41, 5.74) is 4.77. The van der Waals surface area contributed by atoms with Crippen molar-refractivity contribution in [3.05, 3.63) is 64.8 Å². The second kappa shape index (κ2) is 11.1. The van der Waals surface area contributed by atoms with Gasteiger partial charge in [-0.15, -0.1) is 0 Å². The molecular weight excluding hydrogens is 480 g/mol. The third kappa shape index (κ3) is 6.26. The van der Waals surface area contributed by atoms with Crippen LogP contribution in [0.1, 0.15) is 74.6 Å². The van der Waals surface area contributed by atoms with Gasteiger partial charge in [-0.05, 0) is 61.2 Å². The SMILES string of the molecule is CCOC(=O)CNC(=O)c1c(C)n(Cc2ccc(O[Si](C)(C)C(C)(C)C)c(C(C)C)c2)c2ccccc12. The van der Waals surface area contributed by atoms with E-state index in [0.717, 1.165) is 27.9 Å². The van der Waals surface area contributed by atoms with Crippen LogP contribution in [0.3, 0.4) is 0 Å². The predicted molar refractivity (Wildman–Crippen MR) is 153 cm³/mol. The summed E-state index contributed by atoms with van der Waals surface area (Å²) in [6, 6.07) is 14.4. The molecule has 0 unspecified atom stereocenters. The number of amides is 1. The number of fused-ring (bicyclic) bond motifs is 1. The highest BCUT2D eigenvalue weighted by Gasteiger charge is 2.39. The Balaban J connectivity index is 1.97. The maximum atomic E-state index is 13.1. The second-order valence-corrected chi connectivity index (χ2v) is 16.2. The fourth-order valence-corrected chi connectivity index (χ4v) is 5.27. The zero-order chi connectivity index (χ0) is 27.5. The van der Waals surface area contributed by atoms with Crippen molar-refractivity contribution in [2.24, 2.45) is 0 Å². The van der Waals surface area contributed by atoms with E-state index in [1.54, 1.807) is 6.92 Å². The number of rotatable bonds is 9. The molecule has 0 fully saturated rings. The molecule has 0 saturated heterocycles. The first-order valence-electron chi connectivity index (χ1n) is 13.1. The Morgan fingerprint density at radius 2 is 1.76 bits per heavy atom. The Morgan fingerprint density at radius 1 is 1.08 bits per heavy atom. The number of ether oxygens (including phenoxy) is 1. The molecule has 0 aliphatic carbocycles. The fourth-order valence-electron chi connectivity index (χ4n) is 4.23. The summed E-state index contributed by atoms with van der Waals surface area (Å²) in [6.45, 7) is 20.1. The Labute approximate surface area is 222 Å². The van der Waals surface area contributed by atoms with Crippen molar-refractivity contribution in [2.45, 2.75) is 79.1 Å². The highest BCUT2D eigenvalue weighted by molar-refractivity contribution is 6.74. The van der Waals surface area contributed by atoms with Crippen LogP contribution in [0, 0.1) is 6.92 Å². The largest absolute Gasteiger partial charge is 0.543 e. The monoisotopic (exact) mass is 522 g/mol. The summed E-state index contributed by atoms with van der Waals surface area (Å²) in [5.74, 6) is 0.560. The lowest BCUT2D eigenvalue weighted by Crippen LogP contribution is -2.44. The number of carbonyl (C=O) groups is 2. The standard InChI is InChI=1S/C30H42N2O4Si/c1-10-35-27(33)18-31-29(34)28-21(4)32(25-14-12-11-13-23(25)28)19-22-15-16-26(24(17-22)20(2)3)36-37(8,9)30(5,6)7/h11-17,20H,10,18-19H2,1-9H3,(H,31,34). The summed E-state index contributed by atoms with van der Waals surface area (Å²) in [7, 11) is -1.97. The summed E-state index contributed by atoms with van der Waals surface area (Å²) >= 11 is 0. The van der Waals surface area contributed by atoms with E-state index in [9.17, 15) is 9.59 Å². The molecule has 0 saturated carbocycles. The van der Waals surface area contributed by atoms with Crippen molar-refractivity contribution in [1.82, 2.24) is 9.88 Å². The molecule has 0 bridgehead atoms. The number of carbonyl (C=O) groups excluding carboxylic acids is 2. The molecule has 6 nitrogen and oxygen atoms in total. The summed E-state index contributed by atoms with van der Waals surface area (Å²) in [5, 5.41) is 3.70. The molecule has 0 spiro atoms. The smallest absolute Gasteiger partial charge is 0.325 e. The molecule has 7 heteroatoms. The van der Waals surface area contributed by atoms with Gasteiger partial charge in [0.15, 0.2) is 0 Å². The Bertz CT molecular complexity index is 1280. The summed E-state index contributed by atoms with van der Waals surface area (Å²) < 4.78 is 13.8. The Hall–Kier alpha value is -3.06. The number of nitrogens with one attached hydrogen (secondary N) is 1. The van der Waals surface area contributed by atoms with Crippen molar-refractivity contribution in [3.63, 3.8) is 0 Å². The minimum absolute atomic E-state index is 0.116. The summed E-state index contributed by atoms with van der Waals surface area (Å²) in [6.07, 6.45) is 0. The van der Waals surface area contributed by atoms with Gasteiger partial charge in [0, 0.05) is 23.1 Å².